The van der Waals surface area contributed by atoms with Crippen molar-refractivity contribution in [2.45, 2.75) is 6.92 Å². The maximum Gasteiger partial charge on any atom is 0.356 e. The zero-order valence-electron chi connectivity index (χ0n) is 13.4. The topological polar surface area (TPSA) is 74.6 Å². The number of hydrazone groups is 1. The zero-order chi connectivity index (χ0) is 18.8. The fraction of sp³-hybridized carbons (Fsp3) is 0.0556. The van der Waals surface area contributed by atoms with Crippen LogP contribution >= 0.6 is 34.8 Å². The minimum Gasteiger partial charge on any atom is -0.476 e. The van der Waals surface area contributed by atoms with E-state index in [9.17, 15) is 4.79 Å². The van der Waals surface area contributed by atoms with Crippen molar-refractivity contribution in [3.63, 3.8) is 0 Å². The van der Waals surface area contributed by atoms with Crippen molar-refractivity contribution in [2.24, 2.45) is 5.10 Å². The molecule has 0 fully saturated rings. The van der Waals surface area contributed by atoms with Crippen LogP contribution in [0.15, 0.2) is 47.6 Å². The van der Waals surface area contributed by atoms with Gasteiger partial charge in [0.1, 0.15) is 10.0 Å². The highest BCUT2D eigenvalue weighted by atomic mass is 35.5. The average Bonchev–Trinajstić information content (AvgIpc) is 2.63. The van der Waals surface area contributed by atoms with Crippen LogP contribution in [0.3, 0.4) is 0 Å². The molecular weight excluding hydrogens is 397 g/mol. The summed E-state index contributed by atoms with van der Waals surface area (Å²) in [7, 11) is 0. The Bertz CT molecular complexity index is 1050. The number of anilines is 1. The molecule has 0 atom stereocenters. The van der Waals surface area contributed by atoms with Gasteiger partial charge in [-0.3, -0.25) is 5.43 Å². The van der Waals surface area contributed by atoms with Gasteiger partial charge in [0.15, 0.2) is 10.8 Å². The number of carboxylic acids is 1. The summed E-state index contributed by atoms with van der Waals surface area (Å²) in [4.78, 5) is 14.9. The van der Waals surface area contributed by atoms with Gasteiger partial charge in [-0.25, -0.2) is 9.78 Å². The highest BCUT2D eigenvalue weighted by Gasteiger charge is 2.20. The third-order valence-electron chi connectivity index (χ3n) is 3.74. The third kappa shape index (κ3) is 3.60. The van der Waals surface area contributed by atoms with Crippen molar-refractivity contribution in [3.05, 3.63) is 68.9 Å². The number of carboxylic acid groups (broad SMARTS) is 1. The second kappa shape index (κ2) is 7.50. The summed E-state index contributed by atoms with van der Waals surface area (Å²) in [5.74, 6) is -1.31. The quantitative estimate of drug-likeness (QED) is 0.328. The van der Waals surface area contributed by atoms with Gasteiger partial charge in [0, 0.05) is 0 Å². The Kier molecular flexibility index (Phi) is 5.32. The van der Waals surface area contributed by atoms with Gasteiger partial charge in [0.05, 0.1) is 11.4 Å². The van der Waals surface area contributed by atoms with Gasteiger partial charge >= 0.3 is 5.97 Å². The monoisotopic (exact) mass is 407 g/mol. The predicted octanol–water partition coefficient (Wildman–Crippen LogP) is 5.73. The zero-order valence-corrected chi connectivity index (χ0v) is 15.7. The van der Waals surface area contributed by atoms with Crippen LogP contribution in [0, 0.1) is 0 Å². The first kappa shape index (κ1) is 18.5. The molecule has 0 aliphatic carbocycles. The number of fused-ring (bicyclic) bond motifs is 1. The Labute approximate surface area is 164 Å². The molecule has 8 heteroatoms. The molecule has 0 unspecified atom stereocenters. The Balaban J connectivity index is 1.97. The van der Waals surface area contributed by atoms with Gasteiger partial charge < -0.3 is 5.11 Å². The molecule has 0 aliphatic heterocycles. The van der Waals surface area contributed by atoms with Gasteiger partial charge in [-0.1, -0.05) is 71.2 Å². The molecule has 3 aromatic rings. The molecule has 3 rings (SSSR count). The number of aromatic nitrogens is 1. The molecule has 1 aromatic heterocycles. The van der Waals surface area contributed by atoms with Crippen LogP contribution in [-0.4, -0.2) is 21.8 Å². The lowest BCUT2D eigenvalue weighted by Crippen LogP contribution is -2.06. The van der Waals surface area contributed by atoms with Gasteiger partial charge in [0.2, 0.25) is 0 Å². The maximum absolute atomic E-state index is 11.2. The fourth-order valence-electron chi connectivity index (χ4n) is 2.37. The molecule has 2 N–H and O–H groups in total. The van der Waals surface area contributed by atoms with E-state index in [0.717, 1.165) is 16.3 Å². The second-order valence-electron chi connectivity index (χ2n) is 5.43. The summed E-state index contributed by atoms with van der Waals surface area (Å²) in [6.45, 7) is 1.81. The molecule has 0 bridgehead atoms. The summed E-state index contributed by atoms with van der Waals surface area (Å²) < 4.78 is 0. The van der Waals surface area contributed by atoms with Gasteiger partial charge in [-0.15, -0.1) is 0 Å². The van der Waals surface area contributed by atoms with Crippen molar-refractivity contribution in [1.29, 1.82) is 0 Å². The van der Waals surface area contributed by atoms with Crippen LogP contribution in [0.2, 0.25) is 15.2 Å². The number of aromatic carboxylic acids is 1. The number of benzene rings is 2. The number of carbonyl (C=O) groups is 1. The maximum atomic E-state index is 11.2. The van der Waals surface area contributed by atoms with Crippen LogP contribution in [-0.2, 0) is 0 Å². The lowest BCUT2D eigenvalue weighted by atomic mass is 10.0. The molecule has 5 nitrogen and oxygen atoms in total. The molecule has 0 spiro atoms. The Morgan fingerprint density at radius 2 is 1.77 bits per heavy atom. The fourth-order valence-corrected chi connectivity index (χ4v) is 3.04. The Morgan fingerprint density at radius 3 is 2.46 bits per heavy atom. The third-order valence-corrected chi connectivity index (χ3v) is 4.85. The SMILES string of the molecule is C/C(=N/Nc1c(Cl)c(Cl)nc(C(=O)O)c1Cl)c1ccc2ccccc2c1. The smallest absolute Gasteiger partial charge is 0.356 e. The van der Waals surface area contributed by atoms with Crippen LogP contribution in [0.1, 0.15) is 23.0 Å². The minimum atomic E-state index is -1.31. The summed E-state index contributed by atoms with van der Waals surface area (Å²) in [5.41, 5.74) is 3.94. The molecule has 0 aliphatic rings. The van der Waals surface area contributed by atoms with E-state index in [1.54, 1.807) is 6.92 Å². The number of nitrogens with zero attached hydrogens (tertiary/aromatic N) is 2. The number of nitrogens with one attached hydrogen (secondary N) is 1. The van der Waals surface area contributed by atoms with Crippen LogP contribution < -0.4 is 5.43 Å². The first-order valence-electron chi connectivity index (χ1n) is 7.45. The number of hydrogen-bond donors (Lipinski definition) is 2. The number of pyridine rings is 1. The molecule has 132 valence electrons. The van der Waals surface area contributed by atoms with Crippen molar-refractivity contribution in [2.75, 3.05) is 5.43 Å². The van der Waals surface area contributed by atoms with Gasteiger partial charge in [-0.05, 0) is 29.3 Å². The molecule has 0 saturated heterocycles. The van der Waals surface area contributed by atoms with Crippen molar-refractivity contribution >= 4 is 62.9 Å². The summed E-state index contributed by atoms with van der Waals surface area (Å²) >= 11 is 18.0. The predicted molar refractivity (Wildman–Crippen MR) is 106 cm³/mol. The normalized spacial score (nSPS) is 11.6. The highest BCUT2D eigenvalue weighted by molar-refractivity contribution is 6.46. The lowest BCUT2D eigenvalue weighted by Gasteiger charge is -2.11. The standard InChI is InChI=1S/C18H12Cl3N3O2/c1-9(11-7-6-10-4-2-3-5-12(10)8-11)23-24-15-13(19)16(18(25)26)22-17(21)14(15)20/h2-8H,1H3,(H,22,24)(H,25,26)/b23-9-. The van der Waals surface area contributed by atoms with Gasteiger partial charge in [0.25, 0.3) is 0 Å². The van der Waals surface area contributed by atoms with Crippen molar-refractivity contribution < 1.29 is 9.90 Å². The van der Waals surface area contributed by atoms with E-state index in [1.165, 1.54) is 0 Å². The summed E-state index contributed by atoms with van der Waals surface area (Å²) in [5, 5.41) is 15.3. The van der Waals surface area contributed by atoms with E-state index >= 15 is 0 Å². The van der Waals surface area contributed by atoms with Crippen LogP contribution in [0.5, 0.6) is 0 Å². The molecule has 2 aromatic carbocycles. The average molecular weight is 409 g/mol. The molecule has 26 heavy (non-hydrogen) atoms. The number of halogens is 3. The Hall–Kier alpha value is -2.34. The van der Waals surface area contributed by atoms with Crippen molar-refractivity contribution in [1.82, 2.24) is 4.98 Å². The lowest BCUT2D eigenvalue weighted by molar-refractivity contribution is 0.0691. The molecule has 0 saturated carbocycles. The Morgan fingerprint density at radius 1 is 1.08 bits per heavy atom. The first-order chi connectivity index (χ1) is 12.4. The van der Waals surface area contributed by atoms with E-state index in [2.05, 4.69) is 15.5 Å². The van der Waals surface area contributed by atoms with Gasteiger partial charge in [-0.2, -0.15) is 5.10 Å². The number of rotatable bonds is 4. The van der Waals surface area contributed by atoms with E-state index < -0.39 is 11.7 Å². The van der Waals surface area contributed by atoms with E-state index in [1.807, 2.05) is 42.5 Å². The van der Waals surface area contributed by atoms with E-state index in [4.69, 9.17) is 39.9 Å². The van der Waals surface area contributed by atoms with Crippen molar-refractivity contribution in [3.8, 4) is 0 Å². The summed E-state index contributed by atoms with van der Waals surface area (Å²) in [6.07, 6.45) is 0. The van der Waals surface area contributed by atoms with Crippen LogP contribution in [0.4, 0.5) is 5.69 Å². The van der Waals surface area contributed by atoms with E-state index in [-0.39, 0.29) is 20.9 Å². The van der Waals surface area contributed by atoms with E-state index in [0.29, 0.717) is 5.71 Å². The molecule has 0 radical (unpaired) electrons. The van der Waals surface area contributed by atoms with Crippen LogP contribution in [0.25, 0.3) is 10.8 Å². The molecule has 0 amide bonds. The molecule has 1 heterocycles. The largest absolute Gasteiger partial charge is 0.476 e. The summed E-state index contributed by atoms with van der Waals surface area (Å²) in [6, 6.07) is 13.9. The first-order valence-corrected chi connectivity index (χ1v) is 8.59. The molecular formula is C18H12Cl3N3O2. The highest BCUT2D eigenvalue weighted by Crippen LogP contribution is 2.37. The number of hydrogen-bond acceptors (Lipinski definition) is 4. The minimum absolute atomic E-state index is 0.00303. The second-order valence-corrected chi connectivity index (χ2v) is 6.54.